The van der Waals surface area contributed by atoms with Gasteiger partial charge in [0.05, 0.1) is 4.47 Å². The Morgan fingerprint density at radius 1 is 1.53 bits per heavy atom. The molecule has 0 amide bonds. The molecule has 17 heavy (non-hydrogen) atoms. The Morgan fingerprint density at radius 2 is 2.29 bits per heavy atom. The molecule has 0 bridgehead atoms. The van der Waals surface area contributed by atoms with E-state index in [2.05, 4.69) is 20.9 Å². The van der Waals surface area contributed by atoms with Crippen molar-refractivity contribution in [3.63, 3.8) is 0 Å². The molecule has 0 unspecified atom stereocenters. The third-order valence-electron chi connectivity index (χ3n) is 2.46. The zero-order chi connectivity index (χ0) is 12.4. The van der Waals surface area contributed by atoms with E-state index in [9.17, 15) is 9.18 Å². The standard InChI is InChI=1S/C12H10BrFN2O/c1-2-16-7-6-15-12(16)11(17)8-4-3-5-9(14)10(8)13/h3-7H,2H2,1H3. The Hall–Kier alpha value is -1.49. The van der Waals surface area contributed by atoms with Crippen molar-refractivity contribution < 1.29 is 9.18 Å². The molecule has 0 aliphatic rings. The molecule has 0 aliphatic carbocycles. The number of hydrogen-bond donors (Lipinski definition) is 0. The molecule has 0 N–H and O–H groups in total. The Balaban J connectivity index is 2.48. The summed E-state index contributed by atoms with van der Waals surface area (Å²) in [5, 5.41) is 0. The van der Waals surface area contributed by atoms with Crippen LogP contribution >= 0.6 is 15.9 Å². The lowest BCUT2D eigenvalue weighted by atomic mass is 10.1. The van der Waals surface area contributed by atoms with Crippen LogP contribution in [0.3, 0.4) is 0 Å². The lowest BCUT2D eigenvalue weighted by molar-refractivity contribution is 0.102. The van der Waals surface area contributed by atoms with E-state index in [1.807, 2.05) is 6.92 Å². The van der Waals surface area contributed by atoms with Crippen LogP contribution in [0.1, 0.15) is 23.1 Å². The lowest BCUT2D eigenvalue weighted by Crippen LogP contribution is -2.11. The molecule has 0 atom stereocenters. The summed E-state index contributed by atoms with van der Waals surface area (Å²) in [5.74, 6) is -0.424. The van der Waals surface area contributed by atoms with E-state index in [1.165, 1.54) is 12.1 Å². The van der Waals surface area contributed by atoms with Crippen LogP contribution in [-0.2, 0) is 6.54 Å². The molecule has 0 saturated heterocycles. The number of carbonyl (C=O) groups is 1. The van der Waals surface area contributed by atoms with Crippen LogP contribution in [0.4, 0.5) is 4.39 Å². The maximum atomic E-state index is 13.3. The summed E-state index contributed by atoms with van der Waals surface area (Å²) in [5.41, 5.74) is 0.283. The second-order valence-electron chi connectivity index (χ2n) is 3.47. The van der Waals surface area contributed by atoms with E-state index >= 15 is 0 Å². The molecule has 0 radical (unpaired) electrons. The van der Waals surface area contributed by atoms with Crippen LogP contribution in [-0.4, -0.2) is 15.3 Å². The minimum atomic E-state index is -0.453. The van der Waals surface area contributed by atoms with Gasteiger partial charge in [0, 0.05) is 24.5 Å². The van der Waals surface area contributed by atoms with Crippen molar-refractivity contribution >= 4 is 21.7 Å². The van der Waals surface area contributed by atoms with E-state index in [0.29, 0.717) is 12.4 Å². The van der Waals surface area contributed by atoms with Gasteiger partial charge < -0.3 is 4.57 Å². The number of carbonyl (C=O) groups excluding carboxylic acids is 1. The van der Waals surface area contributed by atoms with E-state index in [-0.39, 0.29) is 15.8 Å². The van der Waals surface area contributed by atoms with Gasteiger partial charge >= 0.3 is 0 Å². The van der Waals surface area contributed by atoms with Gasteiger partial charge in [0.2, 0.25) is 5.78 Å². The number of hydrogen-bond acceptors (Lipinski definition) is 2. The first-order chi connectivity index (χ1) is 8.15. The quantitative estimate of drug-likeness (QED) is 0.816. The number of benzene rings is 1. The highest BCUT2D eigenvalue weighted by molar-refractivity contribution is 9.10. The average molecular weight is 297 g/mol. The molecule has 1 aromatic carbocycles. The van der Waals surface area contributed by atoms with Crippen LogP contribution in [0, 0.1) is 5.82 Å². The topological polar surface area (TPSA) is 34.9 Å². The number of imidazole rings is 1. The first-order valence-corrected chi connectivity index (χ1v) is 5.94. The first kappa shape index (κ1) is 12.0. The highest BCUT2D eigenvalue weighted by atomic mass is 79.9. The van der Waals surface area contributed by atoms with Gasteiger partial charge in [0.1, 0.15) is 5.82 Å². The van der Waals surface area contributed by atoms with Crippen molar-refractivity contribution in [2.24, 2.45) is 0 Å². The van der Waals surface area contributed by atoms with Crippen LogP contribution < -0.4 is 0 Å². The summed E-state index contributed by atoms with van der Waals surface area (Å²) in [6.07, 6.45) is 3.28. The molecule has 0 spiro atoms. The smallest absolute Gasteiger partial charge is 0.229 e. The van der Waals surface area contributed by atoms with Crippen LogP contribution in [0.5, 0.6) is 0 Å². The van der Waals surface area contributed by atoms with Crippen molar-refractivity contribution in [3.8, 4) is 0 Å². The molecule has 1 aromatic heterocycles. The maximum absolute atomic E-state index is 13.3. The van der Waals surface area contributed by atoms with E-state index < -0.39 is 5.82 Å². The molecule has 0 fully saturated rings. The van der Waals surface area contributed by atoms with E-state index in [1.54, 1.807) is 23.0 Å². The van der Waals surface area contributed by atoms with E-state index in [4.69, 9.17) is 0 Å². The molecule has 2 rings (SSSR count). The van der Waals surface area contributed by atoms with Gasteiger partial charge in [-0.3, -0.25) is 4.79 Å². The molecule has 88 valence electrons. The third kappa shape index (κ3) is 2.15. The normalized spacial score (nSPS) is 10.5. The average Bonchev–Trinajstić information content (AvgIpc) is 2.80. The van der Waals surface area contributed by atoms with Crippen molar-refractivity contribution in [1.82, 2.24) is 9.55 Å². The molecule has 2 aromatic rings. The SMILES string of the molecule is CCn1ccnc1C(=O)c1cccc(F)c1Br. The molecule has 5 heteroatoms. The minimum absolute atomic E-state index is 0.177. The molecule has 3 nitrogen and oxygen atoms in total. The van der Waals surface area contributed by atoms with Crippen LogP contribution in [0.2, 0.25) is 0 Å². The predicted molar refractivity (Wildman–Crippen MR) is 65.4 cm³/mol. The van der Waals surface area contributed by atoms with Crippen LogP contribution in [0.25, 0.3) is 0 Å². The van der Waals surface area contributed by atoms with E-state index in [0.717, 1.165) is 0 Å². The van der Waals surface area contributed by atoms with Gasteiger partial charge in [-0.25, -0.2) is 9.37 Å². The monoisotopic (exact) mass is 296 g/mol. The molecule has 1 heterocycles. The van der Waals surface area contributed by atoms with Gasteiger partial charge in [0.25, 0.3) is 0 Å². The summed E-state index contributed by atoms with van der Waals surface area (Å²) in [6.45, 7) is 2.56. The Labute approximate surface area is 106 Å². The van der Waals surface area contributed by atoms with Gasteiger partial charge in [-0.1, -0.05) is 6.07 Å². The van der Waals surface area contributed by atoms with Gasteiger partial charge in [-0.15, -0.1) is 0 Å². The Kier molecular flexibility index (Phi) is 3.38. The fraction of sp³-hybridized carbons (Fsp3) is 0.167. The Morgan fingerprint density at radius 3 is 3.00 bits per heavy atom. The molecule has 0 aliphatic heterocycles. The van der Waals surface area contributed by atoms with Crippen LogP contribution in [0.15, 0.2) is 35.1 Å². The summed E-state index contributed by atoms with van der Waals surface area (Å²) < 4.78 is 15.2. The molecular formula is C12H10BrFN2O. The summed E-state index contributed by atoms with van der Waals surface area (Å²) >= 11 is 3.08. The number of nitrogens with zero attached hydrogens (tertiary/aromatic N) is 2. The number of aryl methyl sites for hydroxylation is 1. The number of halogens is 2. The van der Waals surface area contributed by atoms with Crippen molar-refractivity contribution in [1.29, 1.82) is 0 Å². The van der Waals surface area contributed by atoms with Crippen molar-refractivity contribution in [2.45, 2.75) is 13.5 Å². The predicted octanol–water partition coefficient (Wildman–Crippen LogP) is 3.04. The highest BCUT2D eigenvalue weighted by Crippen LogP contribution is 2.22. The van der Waals surface area contributed by atoms with Crippen molar-refractivity contribution in [3.05, 3.63) is 52.3 Å². The van der Waals surface area contributed by atoms with Crippen molar-refractivity contribution in [2.75, 3.05) is 0 Å². The third-order valence-corrected chi connectivity index (χ3v) is 3.26. The second kappa shape index (κ2) is 4.79. The zero-order valence-corrected chi connectivity index (χ0v) is 10.7. The number of aromatic nitrogens is 2. The van der Waals surface area contributed by atoms with Gasteiger partial charge in [-0.2, -0.15) is 0 Å². The maximum Gasteiger partial charge on any atom is 0.229 e. The largest absolute Gasteiger partial charge is 0.328 e. The lowest BCUT2D eigenvalue weighted by Gasteiger charge is -2.06. The molecule has 0 saturated carbocycles. The fourth-order valence-electron chi connectivity index (χ4n) is 1.57. The number of rotatable bonds is 3. The second-order valence-corrected chi connectivity index (χ2v) is 4.26. The van der Waals surface area contributed by atoms with Gasteiger partial charge in [-0.05, 0) is 35.0 Å². The zero-order valence-electron chi connectivity index (χ0n) is 9.15. The molecular weight excluding hydrogens is 287 g/mol. The summed E-state index contributed by atoms with van der Waals surface area (Å²) in [6, 6.07) is 4.38. The first-order valence-electron chi connectivity index (χ1n) is 5.15. The Bertz CT molecular complexity index is 565. The summed E-state index contributed by atoms with van der Waals surface area (Å²) in [7, 11) is 0. The highest BCUT2D eigenvalue weighted by Gasteiger charge is 2.18. The minimum Gasteiger partial charge on any atom is -0.328 e. The number of ketones is 1. The summed E-state index contributed by atoms with van der Waals surface area (Å²) in [4.78, 5) is 16.2. The van der Waals surface area contributed by atoms with Gasteiger partial charge in [0.15, 0.2) is 5.82 Å². The fourth-order valence-corrected chi connectivity index (χ4v) is 2.02.